The highest BCUT2D eigenvalue weighted by Crippen LogP contribution is 2.35. The van der Waals surface area contributed by atoms with E-state index in [1.807, 2.05) is 0 Å². The molecule has 0 saturated carbocycles. The molecule has 0 amide bonds. The van der Waals surface area contributed by atoms with E-state index < -0.39 is 17.7 Å². The van der Waals surface area contributed by atoms with Gasteiger partial charge < -0.3 is 4.74 Å². The molecule has 6 heteroatoms. The molecule has 0 saturated heterocycles. The third kappa shape index (κ3) is 6.85. The van der Waals surface area contributed by atoms with Gasteiger partial charge in [-0.25, -0.2) is 8.78 Å². The first-order chi connectivity index (χ1) is 20.2. The summed E-state index contributed by atoms with van der Waals surface area (Å²) < 4.78 is 64.8. The zero-order chi connectivity index (χ0) is 29.7. The van der Waals surface area contributed by atoms with Gasteiger partial charge in [-0.2, -0.15) is 8.78 Å². The summed E-state index contributed by atoms with van der Waals surface area (Å²) in [6.45, 7) is 2.12. The van der Waals surface area contributed by atoms with Crippen LogP contribution in [0, 0.1) is 11.6 Å². The summed E-state index contributed by atoms with van der Waals surface area (Å²) in [5.74, 6) is -1.02. The summed E-state index contributed by atoms with van der Waals surface area (Å²) in [4.78, 5) is 0. The van der Waals surface area contributed by atoms with Crippen molar-refractivity contribution >= 4 is 11.6 Å². The molecule has 0 heterocycles. The smallest absolute Gasteiger partial charge is 0.426 e. The molecule has 0 spiro atoms. The predicted molar refractivity (Wildman–Crippen MR) is 162 cm³/mol. The van der Waals surface area contributed by atoms with Crippen molar-refractivity contribution < 1.29 is 22.3 Å². The Balaban J connectivity index is 1.28. The maximum absolute atomic E-state index is 15.2. The standard InChI is InChI=1S/C36H29ClF4O/c1-2-3-4-5-24-6-14-29(15-7-24)36(40,41)42-31-18-10-25(11-19-31)27-12-20-33(34(38)22-27)28-13-21-32(35(39)23-28)26-8-16-30(37)17-9-26/h6-23H,2-5H2,1H3. The van der Waals surface area contributed by atoms with Crippen LogP contribution < -0.4 is 4.74 Å². The summed E-state index contributed by atoms with van der Waals surface area (Å²) in [6, 6.07) is 28.3. The van der Waals surface area contributed by atoms with Crippen LogP contribution >= 0.6 is 11.6 Å². The van der Waals surface area contributed by atoms with E-state index in [4.69, 9.17) is 16.3 Å². The molecule has 0 aliphatic carbocycles. The zero-order valence-electron chi connectivity index (χ0n) is 23.0. The van der Waals surface area contributed by atoms with Gasteiger partial charge in [0.2, 0.25) is 0 Å². The highest BCUT2D eigenvalue weighted by Gasteiger charge is 2.34. The SMILES string of the molecule is CCCCCc1ccc(C(F)(F)Oc2ccc(-c3ccc(-c4ccc(-c5ccc(Cl)cc5)c(F)c4)c(F)c3)cc2)cc1. The number of ether oxygens (including phenoxy) is 1. The van der Waals surface area contributed by atoms with Gasteiger partial charge in [0.05, 0.1) is 5.56 Å². The Morgan fingerprint density at radius 2 is 1.17 bits per heavy atom. The van der Waals surface area contributed by atoms with Crippen molar-refractivity contribution in [3.8, 4) is 39.1 Å². The molecule has 5 rings (SSSR count). The van der Waals surface area contributed by atoms with Crippen molar-refractivity contribution in [3.63, 3.8) is 0 Å². The summed E-state index contributed by atoms with van der Waals surface area (Å²) >= 11 is 5.92. The lowest BCUT2D eigenvalue weighted by atomic mass is 9.97. The van der Waals surface area contributed by atoms with Gasteiger partial charge in [0.15, 0.2) is 0 Å². The lowest BCUT2D eigenvalue weighted by Crippen LogP contribution is -2.21. The van der Waals surface area contributed by atoms with Crippen molar-refractivity contribution in [3.05, 3.63) is 137 Å². The van der Waals surface area contributed by atoms with Crippen LogP contribution in [-0.4, -0.2) is 0 Å². The first kappa shape index (κ1) is 29.4. The molecule has 0 N–H and O–H groups in total. The number of alkyl halides is 2. The third-order valence-electron chi connectivity index (χ3n) is 7.20. The van der Waals surface area contributed by atoms with Gasteiger partial charge in [-0.3, -0.25) is 0 Å². The van der Waals surface area contributed by atoms with Gasteiger partial charge in [0, 0.05) is 16.1 Å². The number of halogens is 5. The topological polar surface area (TPSA) is 9.23 Å². The number of hydrogen-bond acceptors (Lipinski definition) is 1. The maximum Gasteiger partial charge on any atom is 0.426 e. The third-order valence-corrected chi connectivity index (χ3v) is 7.45. The van der Waals surface area contributed by atoms with E-state index >= 15 is 4.39 Å². The molecule has 5 aromatic carbocycles. The minimum atomic E-state index is -3.50. The fraction of sp³-hybridized carbons (Fsp3) is 0.167. The number of unbranched alkanes of at least 4 members (excludes halogenated alkanes) is 2. The average Bonchev–Trinajstić information content (AvgIpc) is 2.98. The highest BCUT2D eigenvalue weighted by atomic mass is 35.5. The van der Waals surface area contributed by atoms with Crippen LogP contribution in [0.5, 0.6) is 5.75 Å². The quantitative estimate of drug-likeness (QED) is 0.116. The second-order valence-corrected chi connectivity index (χ2v) is 10.6. The fourth-order valence-electron chi connectivity index (χ4n) is 4.84. The van der Waals surface area contributed by atoms with Gasteiger partial charge in [0.25, 0.3) is 0 Å². The molecule has 0 unspecified atom stereocenters. The summed E-state index contributed by atoms with van der Waals surface area (Å²) in [6.07, 6.45) is 0.587. The van der Waals surface area contributed by atoms with Crippen LogP contribution in [0.25, 0.3) is 33.4 Å². The minimum absolute atomic E-state index is 0.0101. The lowest BCUT2D eigenvalue weighted by molar-refractivity contribution is -0.185. The molecular weight excluding hydrogens is 560 g/mol. The normalized spacial score (nSPS) is 11.5. The second kappa shape index (κ2) is 12.8. The van der Waals surface area contributed by atoms with Crippen molar-refractivity contribution in [2.75, 3.05) is 0 Å². The molecule has 0 aliphatic rings. The Morgan fingerprint density at radius 1 is 0.619 bits per heavy atom. The molecule has 0 fully saturated rings. The van der Waals surface area contributed by atoms with E-state index in [0.717, 1.165) is 31.2 Å². The molecule has 0 aliphatic heterocycles. The molecule has 5 aromatic rings. The molecular formula is C36H29ClF4O. The molecule has 42 heavy (non-hydrogen) atoms. The van der Waals surface area contributed by atoms with Gasteiger partial charge in [-0.1, -0.05) is 92.0 Å². The van der Waals surface area contributed by atoms with Crippen molar-refractivity contribution in [2.24, 2.45) is 0 Å². The number of hydrogen-bond donors (Lipinski definition) is 0. The van der Waals surface area contributed by atoms with Crippen LogP contribution in [0.1, 0.15) is 37.3 Å². The number of benzene rings is 5. The lowest BCUT2D eigenvalue weighted by Gasteiger charge is -2.19. The van der Waals surface area contributed by atoms with E-state index in [1.54, 1.807) is 72.8 Å². The fourth-order valence-corrected chi connectivity index (χ4v) is 4.97. The summed E-state index contributed by atoms with van der Waals surface area (Å²) in [7, 11) is 0. The number of aryl methyl sites for hydroxylation is 1. The minimum Gasteiger partial charge on any atom is -0.429 e. The monoisotopic (exact) mass is 588 g/mol. The number of rotatable bonds is 10. The second-order valence-electron chi connectivity index (χ2n) is 10.2. The Kier molecular flexibility index (Phi) is 8.98. The first-order valence-electron chi connectivity index (χ1n) is 13.9. The molecule has 1 nitrogen and oxygen atoms in total. The van der Waals surface area contributed by atoms with Crippen molar-refractivity contribution in [1.29, 1.82) is 0 Å². The first-order valence-corrected chi connectivity index (χ1v) is 14.2. The van der Waals surface area contributed by atoms with E-state index in [0.29, 0.717) is 32.8 Å². The van der Waals surface area contributed by atoms with Gasteiger partial charge in [0.1, 0.15) is 17.4 Å². The van der Waals surface area contributed by atoms with E-state index in [1.165, 1.54) is 36.4 Å². The molecule has 214 valence electrons. The Morgan fingerprint density at radius 3 is 1.79 bits per heavy atom. The highest BCUT2D eigenvalue weighted by molar-refractivity contribution is 6.30. The zero-order valence-corrected chi connectivity index (χ0v) is 23.8. The molecule has 0 aromatic heterocycles. The summed E-state index contributed by atoms with van der Waals surface area (Å²) in [5, 5.41) is 0.552. The van der Waals surface area contributed by atoms with Crippen LogP contribution in [0.3, 0.4) is 0 Å². The van der Waals surface area contributed by atoms with Crippen LogP contribution in [0.2, 0.25) is 5.02 Å². The Hall–Kier alpha value is -4.09. The molecule has 0 atom stereocenters. The Labute approximate surface area is 248 Å². The predicted octanol–water partition coefficient (Wildman–Crippen LogP) is 11.5. The van der Waals surface area contributed by atoms with E-state index in [-0.39, 0.29) is 16.9 Å². The average molecular weight is 589 g/mol. The van der Waals surface area contributed by atoms with Crippen LogP contribution in [0.15, 0.2) is 109 Å². The van der Waals surface area contributed by atoms with Crippen LogP contribution in [0.4, 0.5) is 17.6 Å². The van der Waals surface area contributed by atoms with E-state index in [2.05, 4.69) is 6.92 Å². The van der Waals surface area contributed by atoms with E-state index in [9.17, 15) is 13.2 Å². The molecule has 0 bridgehead atoms. The summed E-state index contributed by atoms with van der Waals surface area (Å²) in [5.41, 5.74) is 3.67. The van der Waals surface area contributed by atoms with Crippen molar-refractivity contribution in [1.82, 2.24) is 0 Å². The largest absolute Gasteiger partial charge is 0.429 e. The maximum atomic E-state index is 15.2. The Bertz CT molecular complexity index is 1650. The molecule has 0 radical (unpaired) electrons. The van der Waals surface area contributed by atoms with Crippen molar-refractivity contribution in [2.45, 2.75) is 38.7 Å². The van der Waals surface area contributed by atoms with Gasteiger partial charge in [-0.05, 0) is 89.2 Å². The van der Waals surface area contributed by atoms with Crippen LogP contribution in [-0.2, 0) is 12.5 Å². The van der Waals surface area contributed by atoms with Gasteiger partial charge >= 0.3 is 6.11 Å². The van der Waals surface area contributed by atoms with Gasteiger partial charge in [-0.15, -0.1) is 0 Å².